The van der Waals surface area contributed by atoms with Crippen molar-refractivity contribution in [2.45, 2.75) is 43.6 Å². The van der Waals surface area contributed by atoms with Gasteiger partial charge in [0, 0.05) is 12.6 Å². The number of aliphatic hydroxyl groups is 3. The highest BCUT2D eigenvalue weighted by atomic mass is 19.4. The molecule has 11 heteroatoms. The number of aromatic amines is 1. The molecule has 0 radical (unpaired) electrons. The van der Waals surface area contributed by atoms with Gasteiger partial charge in [-0.2, -0.15) is 13.2 Å². The van der Waals surface area contributed by atoms with Crippen molar-refractivity contribution in [2.75, 3.05) is 6.61 Å². The van der Waals surface area contributed by atoms with Gasteiger partial charge >= 0.3 is 11.9 Å². The molecule has 0 spiro atoms. The molecular weight excluding hydrogens is 325 g/mol. The van der Waals surface area contributed by atoms with Crippen molar-refractivity contribution in [1.29, 1.82) is 0 Å². The Morgan fingerprint density at radius 3 is 2.61 bits per heavy atom. The van der Waals surface area contributed by atoms with Gasteiger partial charge in [-0.3, -0.25) is 14.3 Å². The zero-order chi connectivity index (χ0) is 17.4. The van der Waals surface area contributed by atoms with E-state index in [1.807, 2.05) is 0 Å². The topological polar surface area (TPSA) is 125 Å². The molecule has 1 aromatic heterocycles. The summed E-state index contributed by atoms with van der Waals surface area (Å²) in [4.78, 5) is 25.2. The molecule has 1 aromatic rings. The molecule has 0 amide bonds. The Morgan fingerprint density at radius 1 is 1.43 bits per heavy atom. The molecule has 0 saturated carbocycles. The summed E-state index contributed by atoms with van der Waals surface area (Å²) in [6.07, 6.45) is -10.9. The van der Waals surface area contributed by atoms with E-state index < -0.39 is 60.6 Å². The predicted octanol–water partition coefficient (Wildman–Crippen LogP) is -0.837. The van der Waals surface area contributed by atoms with Gasteiger partial charge in [-0.1, -0.05) is 0 Å². The summed E-state index contributed by atoms with van der Waals surface area (Å²) in [6.45, 7) is -0.515. The van der Waals surface area contributed by atoms with Gasteiger partial charge in [0.1, 0.15) is 12.3 Å². The molecule has 2 heterocycles. The van der Waals surface area contributed by atoms with Crippen LogP contribution in [-0.4, -0.2) is 49.9 Å². The molecule has 1 aliphatic rings. The second kappa shape index (κ2) is 6.43. The largest absolute Gasteiger partial charge is 0.394 e. The maximum absolute atomic E-state index is 12.3. The van der Waals surface area contributed by atoms with E-state index in [0.29, 0.717) is 0 Å². The monoisotopic (exact) mass is 340 g/mol. The number of halogens is 3. The van der Waals surface area contributed by atoms with Crippen LogP contribution in [0.5, 0.6) is 0 Å². The Labute approximate surface area is 126 Å². The number of hydrogen-bond donors (Lipinski definition) is 4. The maximum Gasteiger partial charge on any atom is 0.391 e. The van der Waals surface area contributed by atoms with Crippen molar-refractivity contribution in [2.24, 2.45) is 0 Å². The predicted molar refractivity (Wildman–Crippen MR) is 68.6 cm³/mol. The number of hydrogen-bond acceptors (Lipinski definition) is 6. The Morgan fingerprint density at radius 2 is 2.09 bits per heavy atom. The zero-order valence-corrected chi connectivity index (χ0v) is 11.7. The molecule has 8 nitrogen and oxygen atoms in total. The Hall–Kier alpha value is -1.69. The zero-order valence-electron chi connectivity index (χ0n) is 11.7. The average Bonchev–Trinajstić information content (AvgIpc) is 2.77. The van der Waals surface area contributed by atoms with Crippen LogP contribution in [0.4, 0.5) is 13.2 Å². The van der Waals surface area contributed by atoms with E-state index in [9.17, 15) is 33.0 Å². The van der Waals surface area contributed by atoms with Gasteiger partial charge in [-0.05, 0) is 0 Å². The van der Waals surface area contributed by atoms with Crippen LogP contribution in [-0.2, 0) is 4.74 Å². The fraction of sp³-hybridized carbons (Fsp3) is 0.667. The first-order chi connectivity index (χ1) is 10.6. The first kappa shape index (κ1) is 17.7. The molecule has 1 aliphatic heterocycles. The molecule has 1 unspecified atom stereocenters. The SMILES string of the molecule is O=c1[nH]c(=O)n([C@H]2C[C@H](O)[C@@H](CO)O2)cc1C(O)CC(F)(F)F. The van der Waals surface area contributed by atoms with Gasteiger partial charge in [-0.15, -0.1) is 0 Å². The summed E-state index contributed by atoms with van der Waals surface area (Å²) in [5, 5.41) is 28.2. The van der Waals surface area contributed by atoms with Gasteiger partial charge in [0.05, 0.1) is 30.8 Å². The third kappa shape index (κ3) is 3.99. The lowest BCUT2D eigenvalue weighted by atomic mass is 10.1. The summed E-state index contributed by atoms with van der Waals surface area (Å²) in [7, 11) is 0. The van der Waals surface area contributed by atoms with E-state index in [2.05, 4.69) is 0 Å². The minimum absolute atomic E-state index is 0.105. The second-order valence-corrected chi connectivity index (χ2v) is 5.20. The van der Waals surface area contributed by atoms with E-state index in [4.69, 9.17) is 9.84 Å². The third-order valence-electron chi connectivity index (χ3n) is 3.47. The second-order valence-electron chi connectivity index (χ2n) is 5.20. The molecular formula is C12H15F3N2O6. The fourth-order valence-electron chi connectivity index (χ4n) is 2.33. The molecule has 1 fully saturated rings. The molecule has 1 saturated heterocycles. The van der Waals surface area contributed by atoms with Crippen molar-refractivity contribution in [3.63, 3.8) is 0 Å². The van der Waals surface area contributed by atoms with Crippen molar-refractivity contribution in [3.05, 3.63) is 32.6 Å². The quantitative estimate of drug-likeness (QED) is 0.567. The molecule has 0 aromatic carbocycles. The molecule has 0 bridgehead atoms. The molecule has 4 N–H and O–H groups in total. The lowest BCUT2D eigenvalue weighted by Crippen LogP contribution is -2.35. The highest BCUT2D eigenvalue weighted by Crippen LogP contribution is 2.30. The number of nitrogens with one attached hydrogen (secondary N) is 1. The number of alkyl halides is 3. The minimum atomic E-state index is -4.70. The van der Waals surface area contributed by atoms with Crippen LogP contribution in [0.25, 0.3) is 0 Å². The van der Waals surface area contributed by atoms with Crippen molar-refractivity contribution in [1.82, 2.24) is 9.55 Å². The summed E-state index contributed by atoms with van der Waals surface area (Å²) in [5.74, 6) is 0. The van der Waals surface area contributed by atoms with Crippen molar-refractivity contribution < 1.29 is 33.2 Å². The Balaban J connectivity index is 2.34. The minimum Gasteiger partial charge on any atom is -0.394 e. The number of rotatable bonds is 4. The average molecular weight is 340 g/mol. The lowest BCUT2D eigenvalue weighted by Gasteiger charge is -2.17. The molecule has 130 valence electrons. The van der Waals surface area contributed by atoms with Crippen LogP contribution >= 0.6 is 0 Å². The van der Waals surface area contributed by atoms with Crippen LogP contribution < -0.4 is 11.2 Å². The van der Waals surface area contributed by atoms with Crippen LogP contribution in [0, 0.1) is 0 Å². The van der Waals surface area contributed by atoms with Crippen LogP contribution in [0.2, 0.25) is 0 Å². The van der Waals surface area contributed by atoms with Gasteiger partial charge in [0.2, 0.25) is 0 Å². The van der Waals surface area contributed by atoms with E-state index in [1.54, 1.807) is 4.98 Å². The highest BCUT2D eigenvalue weighted by molar-refractivity contribution is 5.09. The lowest BCUT2D eigenvalue weighted by molar-refractivity contribution is -0.154. The summed E-state index contributed by atoms with van der Waals surface area (Å²) in [6, 6.07) is 0. The standard InChI is InChI=1S/C12H15F3N2O6/c13-12(14,15)2-7(20)5-3-17(11(22)16-10(5)21)9-1-6(19)8(4-18)23-9/h3,6-9,18-20H,1-2,4H2,(H,16,21,22)/t6-,7?,8+,9+/m0/s1. The number of aromatic nitrogens is 2. The molecule has 4 atom stereocenters. The molecule has 23 heavy (non-hydrogen) atoms. The molecule has 2 rings (SSSR count). The number of ether oxygens (including phenoxy) is 1. The van der Waals surface area contributed by atoms with E-state index in [0.717, 1.165) is 10.8 Å². The normalized spacial score (nSPS) is 26.4. The summed E-state index contributed by atoms with van der Waals surface area (Å²) >= 11 is 0. The van der Waals surface area contributed by atoms with Gasteiger partial charge in [0.15, 0.2) is 0 Å². The third-order valence-corrected chi connectivity index (χ3v) is 3.47. The van der Waals surface area contributed by atoms with E-state index in [1.165, 1.54) is 0 Å². The summed E-state index contributed by atoms with van der Waals surface area (Å²) in [5.41, 5.74) is -2.75. The molecule has 0 aliphatic carbocycles. The van der Waals surface area contributed by atoms with Gasteiger partial charge in [0.25, 0.3) is 5.56 Å². The van der Waals surface area contributed by atoms with E-state index >= 15 is 0 Å². The van der Waals surface area contributed by atoms with Crippen molar-refractivity contribution in [3.8, 4) is 0 Å². The number of aliphatic hydroxyl groups excluding tert-OH is 3. The highest BCUT2D eigenvalue weighted by Gasteiger charge is 2.36. The Kier molecular flexibility index (Phi) is 4.94. The first-order valence-electron chi connectivity index (χ1n) is 6.67. The van der Waals surface area contributed by atoms with Gasteiger partial charge in [-0.25, -0.2) is 4.79 Å². The first-order valence-corrected chi connectivity index (χ1v) is 6.67. The number of nitrogens with zero attached hydrogens (tertiary/aromatic N) is 1. The van der Waals surface area contributed by atoms with Gasteiger partial charge < -0.3 is 20.1 Å². The van der Waals surface area contributed by atoms with Crippen LogP contribution in [0.1, 0.15) is 30.7 Å². The maximum atomic E-state index is 12.3. The fourth-order valence-corrected chi connectivity index (χ4v) is 2.33. The van der Waals surface area contributed by atoms with E-state index in [-0.39, 0.29) is 6.42 Å². The van der Waals surface area contributed by atoms with Crippen molar-refractivity contribution >= 4 is 0 Å². The summed E-state index contributed by atoms with van der Waals surface area (Å²) < 4.78 is 43.0. The number of H-pyrrole nitrogens is 1. The smallest absolute Gasteiger partial charge is 0.391 e. The Bertz CT molecular complexity index is 670. The van der Waals surface area contributed by atoms with Crippen LogP contribution in [0.15, 0.2) is 15.8 Å². The van der Waals surface area contributed by atoms with Crippen LogP contribution in [0.3, 0.4) is 0 Å².